The Morgan fingerprint density at radius 1 is 1.33 bits per heavy atom. The van der Waals surface area contributed by atoms with Gasteiger partial charge in [-0.05, 0) is 32.9 Å². The van der Waals surface area contributed by atoms with Crippen LogP contribution >= 0.6 is 0 Å². The first-order chi connectivity index (χ1) is 11.1. The van der Waals surface area contributed by atoms with Crippen molar-refractivity contribution in [3.63, 3.8) is 0 Å². The zero-order valence-corrected chi connectivity index (χ0v) is 14.3. The van der Waals surface area contributed by atoms with Gasteiger partial charge in [0.25, 0.3) is 11.6 Å². The highest BCUT2D eigenvalue weighted by Gasteiger charge is 2.29. The lowest BCUT2D eigenvalue weighted by Gasteiger charge is -2.10. The van der Waals surface area contributed by atoms with Crippen LogP contribution in [0.1, 0.15) is 31.1 Å². The molecule has 1 aromatic carbocycles. The normalized spacial score (nSPS) is 11.2. The molecule has 1 rings (SSSR count). The Morgan fingerprint density at radius 2 is 1.96 bits per heavy atom. The molecule has 0 aromatic heterocycles. The van der Waals surface area contributed by atoms with E-state index in [4.69, 9.17) is 0 Å². The van der Waals surface area contributed by atoms with Crippen LogP contribution in [0.4, 0.5) is 5.69 Å². The number of hydrogen-bond donors (Lipinski definition) is 1. The Balaban J connectivity index is 3.27. The highest BCUT2D eigenvalue weighted by molar-refractivity contribution is 7.92. The number of amides is 1. The monoisotopic (exact) mass is 358 g/mol. The molecule has 1 amide bonds. The minimum Gasteiger partial charge on any atom is -0.465 e. The van der Waals surface area contributed by atoms with Crippen molar-refractivity contribution in [2.75, 3.05) is 12.4 Å². The smallest absolute Gasteiger partial charge is 0.321 e. The van der Waals surface area contributed by atoms with Gasteiger partial charge in [0.15, 0.2) is 15.6 Å². The number of rotatable bonds is 7. The van der Waals surface area contributed by atoms with Crippen LogP contribution in [0.3, 0.4) is 0 Å². The van der Waals surface area contributed by atoms with Crippen molar-refractivity contribution in [1.82, 2.24) is 5.32 Å². The van der Waals surface area contributed by atoms with Crippen LogP contribution < -0.4 is 5.32 Å². The number of carbonyl (C=O) groups excluding carboxylic acids is 2. The van der Waals surface area contributed by atoms with Crippen LogP contribution in [0, 0.1) is 10.1 Å². The number of sulfone groups is 1. The lowest BCUT2D eigenvalue weighted by molar-refractivity contribution is -0.387. The average Bonchev–Trinajstić information content (AvgIpc) is 2.45. The molecule has 24 heavy (non-hydrogen) atoms. The van der Waals surface area contributed by atoms with Crippen LogP contribution in [0.5, 0.6) is 0 Å². The van der Waals surface area contributed by atoms with E-state index < -0.39 is 43.0 Å². The lowest BCUT2D eigenvalue weighted by atomic mass is 10.2. The van der Waals surface area contributed by atoms with Crippen molar-refractivity contribution < 1.29 is 27.7 Å². The van der Waals surface area contributed by atoms with Gasteiger partial charge >= 0.3 is 5.97 Å². The van der Waals surface area contributed by atoms with E-state index in [1.54, 1.807) is 13.8 Å². The molecule has 0 atom stereocenters. The van der Waals surface area contributed by atoms with Crippen LogP contribution in [-0.4, -0.2) is 43.6 Å². The third-order valence-electron chi connectivity index (χ3n) is 2.79. The van der Waals surface area contributed by atoms with E-state index >= 15 is 0 Å². The van der Waals surface area contributed by atoms with Gasteiger partial charge in [-0.1, -0.05) is 0 Å². The highest BCUT2D eigenvalue weighted by Crippen LogP contribution is 2.26. The fourth-order valence-electron chi connectivity index (χ4n) is 1.85. The van der Waals surface area contributed by atoms with Gasteiger partial charge < -0.3 is 10.1 Å². The first-order valence-corrected chi connectivity index (χ1v) is 8.71. The quantitative estimate of drug-likeness (QED) is 0.438. The van der Waals surface area contributed by atoms with Crippen molar-refractivity contribution in [3.05, 3.63) is 33.9 Å². The maximum Gasteiger partial charge on any atom is 0.321 e. The van der Waals surface area contributed by atoms with E-state index in [-0.39, 0.29) is 18.2 Å². The van der Waals surface area contributed by atoms with Gasteiger partial charge in [-0.2, -0.15) is 0 Å². The highest BCUT2D eigenvalue weighted by atomic mass is 32.2. The van der Waals surface area contributed by atoms with Gasteiger partial charge in [-0.25, -0.2) is 8.42 Å². The van der Waals surface area contributed by atoms with Crippen LogP contribution in [0.25, 0.3) is 0 Å². The summed E-state index contributed by atoms with van der Waals surface area (Å²) in [7, 11) is -4.27. The number of nitrogens with zero attached hydrogens (tertiary/aromatic N) is 1. The van der Waals surface area contributed by atoms with E-state index in [1.165, 1.54) is 6.92 Å². The number of benzene rings is 1. The van der Waals surface area contributed by atoms with Crippen LogP contribution in [0.2, 0.25) is 0 Å². The first-order valence-electron chi connectivity index (χ1n) is 7.06. The van der Waals surface area contributed by atoms with Crippen molar-refractivity contribution >= 4 is 27.4 Å². The molecule has 0 aliphatic heterocycles. The summed E-state index contributed by atoms with van der Waals surface area (Å²) in [6.07, 6.45) is 0. The predicted octanol–water partition coefficient (Wildman–Crippen LogP) is 1.07. The van der Waals surface area contributed by atoms with Crippen molar-refractivity contribution in [2.24, 2.45) is 0 Å². The van der Waals surface area contributed by atoms with Gasteiger partial charge in [0.05, 0.1) is 11.5 Å². The maximum atomic E-state index is 12.2. The standard InChI is InChI=1S/C14H18N2O7S/c1-4-23-13(17)8-24(21,22)12-6-5-10(7-11(12)16(19)20)14(18)15-9(2)3/h5-7,9H,4,8H2,1-3H3,(H,15,18). The largest absolute Gasteiger partial charge is 0.465 e. The Bertz CT molecular complexity index is 756. The van der Waals surface area contributed by atoms with Crippen LogP contribution in [-0.2, 0) is 19.4 Å². The molecule has 0 unspecified atom stereocenters. The van der Waals surface area contributed by atoms with E-state index in [0.717, 1.165) is 18.2 Å². The molecule has 10 heteroatoms. The molecule has 0 heterocycles. The van der Waals surface area contributed by atoms with Crippen LogP contribution in [0.15, 0.2) is 23.1 Å². The summed E-state index contributed by atoms with van der Waals surface area (Å²) in [6, 6.07) is 2.78. The molecular formula is C14H18N2O7S. The molecule has 0 aliphatic rings. The van der Waals surface area contributed by atoms with E-state index in [1.807, 2.05) is 0 Å². The zero-order valence-electron chi connectivity index (χ0n) is 13.4. The molecular weight excluding hydrogens is 340 g/mol. The molecule has 0 saturated carbocycles. The number of nitro groups is 1. The summed E-state index contributed by atoms with van der Waals surface area (Å²) in [5, 5.41) is 13.7. The molecule has 1 aromatic rings. The van der Waals surface area contributed by atoms with E-state index in [9.17, 15) is 28.1 Å². The summed E-state index contributed by atoms with van der Waals surface area (Å²) in [5.41, 5.74) is -0.818. The molecule has 9 nitrogen and oxygen atoms in total. The summed E-state index contributed by atoms with van der Waals surface area (Å²) in [4.78, 5) is 32.9. The fraction of sp³-hybridized carbons (Fsp3) is 0.429. The number of nitrogens with one attached hydrogen (secondary N) is 1. The first kappa shape index (κ1) is 19.6. The second-order valence-electron chi connectivity index (χ2n) is 5.13. The Hall–Kier alpha value is -2.49. The SMILES string of the molecule is CCOC(=O)CS(=O)(=O)c1ccc(C(=O)NC(C)C)cc1[N+](=O)[O-]. The van der Waals surface area contributed by atoms with Crippen molar-refractivity contribution in [1.29, 1.82) is 0 Å². The van der Waals surface area contributed by atoms with Gasteiger partial charge in [-0.15, -0.1) is 0 Å². The van der Waals surface area contributed by atoms with E-state index in [2.05, 4.69) is 10.1 Å². The summed E-state index contributed by atoms with van der Waals surface area (Å²) >= 11 is 0. The van der Waals surface area contributed by atoms with Gasteiger partial charge in [0, 0.05) is 17.7 Å². The summed E-state index contributed by atoms with van der Waals surface area (Å²) in [6.45, 7) is 4.93. The number of nitro benzene ring substituents is 1. The second kappa shape index (κ2) is 7.86. The fourth-order valence-corrected chi connectivity index (χ4v) is 3.12. The molecule has 0 radical (unpaired) electrons. The minimum absolute atomic E-state index is 0.00917. The summed E-state index contributed by atoms with van der Waals surface area (Å²) < 4.78 is 28.9. The Kier molecular flexibility index (Phi) is 6.41. The number of hydrogen-bond acceptors (Lipinski definition) is 7. The topological polar surface area (TPSA) is 133 Å². The van der Waals surface area contributed by atoms with Gasteiger partial charge in [-0.3, -0.25) is 19.7 Å². The van der Waals surface area contributed by atoms with Crippen molar-refractivity contribution in [3.8, 4) is 0 Å². The van der Waals surface area contributed by atoms with Gasteiger partial charge in [0.1, 0.15) is 4.90 Å². The number of esters is 1. The van der Waals surface area contributed by atoms with E-state index in [0.29, 0.717) is 0 Å². The average molecular weight is 358 g/mol. The van der Waals surface area contributed by atoms with Crippen molar-refractivity contribution in [2.45, 2.75) is 31.7 Å². The lowest BCUT2D eigenvalue weighted by Crippen LogP contribution is -2.30. The molecule has 0 bridgehead atoms. The number of ether oxygens (including phenoxy) is 1. The molecule has 0 saturated heterocycles. The summed E-state index contributed by atoms with van der Waals surface area (Å²) in [5.74, 6) is -2.59. The predicted molar refractivity (Wildman–Crippen MR) is 84.4 cm³/mol. The maximum absolute atomic E-state index is 12.2. The molecule has 0 aliphatic carbocycles. The molecule has 1 N–H and O–H groups in total. The number of carbonyl (C=O) groups is 2. The molecule has 0 fully saturated rings. The third kappa shape index (κ3) is 5.01. The van der Waals surface area contributed by atoms with Gasteiger partial charge in [0.2, 0.25) is 0 Å². The Labute approximate surface area is 139 Å². The Morgan fingerprint density at radius 3 is 2.46 bits per heavy atom. The minimum atomic E-state index is -4.27. The third-order valence-corrected chi connectivity index (χ3v) is 4.42. The zero-order chi connectivity index (χ0) is 18.5. The molecule has 0 spiro atoms. The molecule has 132 valence electrons. The second-order valence-corrected chi connectivity index (χ2v) is 7.09.